The first-order valence-corrected chi connectivity index (χ1v) is 19.3. The molecule has 7 aromatic carbocycles. The average Bonchev–Trinajstić information content (AvgIpc) is 3.32. The van der Waals surface area contributed by atoms with Gasteiger partial charge in [-0.05, 0) is 75.2 Å². The zero-order valence-corrected chi connectivity index (χ0v) is 31.4. The summed E-state index contributed by atoms with van der Waals surface area (Å²) in [6, 6.07) is 69.2. The Morgan fingerprint density at radius 1 is 0.276 bits per heavy atom. The van der Waals surface area contributed by atoms with Crippen molar-refractivity contribution in [3.8, 4) is 90.1 Å². The van der Waals surface area contributed by atoms with Crippen LogP contribution in [0.4, 0.5) is 0 Å². The molecule has 5 nitrogen and oxygen atoms in total. The monoisotopic (exact) mass is 741 g/mol. The van der Waals surface area contributed by atoms with Gasteiger partial charge in [0, 0.05) is 45.6 Å². The van der Waals surface area contributed by atoms with Crippen LogP contribution in [0, 0.1) is 0 Å². The highest BCUT2D eigenvalue weighted by molar-refractivity contribution is 5.99. The second-order valence-electron chi connectivity index (χ2n) is 14.1. The molecule has 3 heterocycles. The maximum atomic E-state index is 5.01. The molecule has 3 aromatic heterocycles. The van der Waals surface area contributed by atoms with Crippen molar-refractivity contribution in [2.24, 2.45) is 0 Å². The van der Waals surface area contributed by atoms with E-state index in [1.165, 1.54) is 0 Å². The maximum absolute atomic E-state index is 5.01. The van der Waals surface area contributed by atoms with E-state index in [1.54, 1.807) is 0 Å². The second-order valence-corrected chi connectivity index (χ2v) is 14.1. The first-order chi connectivity index (χ1) is 28.7. The summed E-state index contributed by atoms with van der Waals surface area (Å²) in [4.78, 5) is 24.4. The van der Waals surface area contributed by atoms with Crippen LogP contribution in [-0.2, 0) is 0 Å². The first-order valence-electron chi connectivity index (χ1n) is 19.3. The standard InChI is InChI=1S/C53H35N5/c1-3-14-39(15-4-1)51-56-52(40-16-5-2-6-17-40)58-53(57-51)45-21-12-19-42(34-45)43-28-29-47(50-46-22-8-7-13-37(46)30-32-55-50)48(35-43)44-20-11-18-41(33-44)36-24-26-38(27-25-36)49-23-9-10-31-54-49/h1-35H. The number of benzene rings is 7. The fourth-order valence-corrected chi connectivity index (χ4v) is 7.51. The van der Waals surface area contributed by atoms with Gasteiger partial charge in [-0.1, -0.05) is 164 Å². The molecule has 0 fully saturated rings. The fourth-order valence-electron chi connectivity index (χ4n) is 7.51. The Kier molecular flexibility index (Phi) is 9.14. The minimum atomic E-state index is 0.619. The summed E-state index contributed by atoms with van der Waals surface area (Å²) in [6.45, 7) is 0. The predicted octanol–water partition coefficient (Wildman–Crippen LogP) is 13.2. The first kappa shape index (κ1) is 34.6. The van der Waals surface area contributed by atoms with Crippen LogP contribution in [0.25, 0.3) is 101 Å². The van der Waals surface area contributed by atoms with Crippen molar-refractivity contribution in [2.75, 3.05) is 0 Å². The number of fused-ring (bicyclic) bond motifs is 1. The molecular weight excluding hydrogens is 707 g/mol. The Bertz CT molecular complexity index is 2970. The molecule has 0 saturated heterocycles. The highest BCUT2D eigenvalue weighted by Gasteiger charge is 2.17. The summed E-state index contributed by atoms with van der Waals surface area (Å²) in [7, 11) is 0. The molecule has 10 rings (SSSR count). The Hall–Kier alpha value is -7.89. The van der Waals surface area contributed by atoms with Crippen LogP contribution in [0.5, 0.6) is 0 Å². The number of pyridine rings is 2. The molecule has 0 saturated carbocycles. The second kappa shape index (κ2) is 15.3. The molecule has 58 heavy (non-hydrogen) atoms. The van der Waals surface area contributed by atoms with Gasteiger partial charge < -0.3 is 0 Å². The molecule has 0 aliphatic carbocycles. The van der Waals surface area contributed by atoms with E-state index in [-0.39, 0.29) is 0 Å². The molecule has 272 valence electrons. The van der Waals surface area contributed by atoms with E-state index in [9.17, 15) is 0 Å². The molecule has 0 aliphatic heterocycles. The van der Waals surface area contributed by atoms with Gasteiger partial charge in [0.15, 0.2) is 17.5 Å². The van der Waals surface area contributed by atoms with Gasteiger partial charge >= 0.3 is 0 Å². The smallest absolute Gasteiger partial charge is 0.164 e. The quantitative estimate of drug-likeness (QED) is 0.155. The Morgan fingerprint density at radius 3 is 1.52 bits per heavy atom. The normalized spacial score (nSPS) is 11.1. The Morgan fingerprint density at radius 2 is 0.810 bits per heavy atom. The molecule has 0 unspecified atom stereocenters. The van der Waals surface area contributed by atoms with Crippen molar-refractivity contribution in [1.82, 2.24) is 24.9 Å². The lowest BCUT2D eigenvalue weighted by molar-refractivity contribution is 1.07. The van der Waals surface area contributed by atoms with Crippen molar-refractivity contribution in [3.63, 3.8) is 0 Å². The van der Waals surface area contributed by atoms with Gasteiger partial charge in [-0.25, -0.2) is 15.0 Å². The summed E-state index contributed by atoms with van der Waals surface area (Å²) in [6.07, 6.45) is 3.73. The van der Waals surface area contributed by atoms with E-state index in [1.807, 2.05) is 91.3 Å². The van der Waals surface area contributed by atoms with Crippen LogP contribution in [0.15, 0.2) is 213 Å². The summed E-state index contributed by atoms with van der Waals surface area (Å²) >= 11 is 0. The largest absolute Gasteiger partial charge is 0.256 e. The fraction of sp³-hybridized carbons (Fsp3) is 0. The van der Waals surface area contributed by atoms with E-state index < -0.39 is 0 Å². The SMILES string of the molecule is c1ccc(-c2nc(-c3ccccc3)nc(-c3cccc(-c4ccc(-c5nccc6ccccc56)c(-c5cccc(-c6ccc(-c7ccccn7)cc6)c5)c4)c3)n2)cc1. The number of hydrogen-bond donors (Lipinski definition) is 0. The molecule has 0 spiro atoms. The van der Waals surface area contributed by atoms with E-state index in [2.05, 4.69) is 126 Å². The molecule has 0 radical (unpaired) electrons. The Balaban J connectivity index is 1.09. The molecule has 5 heteroatoms. The summed E-state index contributed by atoms with van der Waals surface area (Å²) < 4.78 is 0. The zero-order chi connectivity index (χ0) is 38.7. The van der Waals surface area contributed by atoms with E-state index in [4.69, 9.17) is 19.9 Å². The molecule has 0 atom stereocenters. The lowest BCUT2D eigenvalue weighted by atomic mass is 9.90. The minimum Gasteiger partial charge on any atom is -0.256 e. The molecule has 0 bridgehead atoms. The van der Waals surface area contributed by atoms with Crippen LogP contribution in [0.2, 0.25) is 0 Å². The summed E-state index contributed by atoms with van der Waals surface area (Å²) in [5.74, 6) is 1.89. The van der Waals surface area contributed by atoms with Gasteiger partial charge in [0.25, 0.3) is 0 Å². The summed E-state index contributed by atoms with van der Waals surface area (Å²) in [5, 5.41) is 2.26. The van der Waals surface area contributed by atoms with Gasteiger partial charge in [-0.3, -0.25) is 9.97 Å². The van der Waals surface area contributed by atoms with E-state index in [0.29, 0.717) is 17.5 Å². The number of rotatable bonds is 8. The molecule has 0 N–H and O–H groups in total. The lowest BCUT2D eigenvalue weighted by Crippen LogP contribution is -2.00. The molecule has 0 amide bonds. The van der Waals surface area contributed by atoms with Crippen LogP contribution in [0.1, 0.15) is 0 Å². The van der Waals surface area contributed by atoms with Gasteiger partial charge in [-0.2, -0.15) is 0 Å². The Labute approximate surface area is 337 Å². The molecule has 0 aliphatic rings. The third-order valence-corrected chi connectivity index (χ3v) is 10.5. The van der Waals surface area contributed by atoms with Crippen LogP contribution >= 0.6 is 0 Å². The van der Waals surface area contributed by atoms with Crippen molar-refractivity contribution in [2.45, 2.75) is 0 Å². The van der Waals surface area contributed by atoms with E-state index in [0.717, 1.165) is 83.4 Å². The number of aromatic nitrogens is 5. The van der Waals surface area contributed by atoms with Crippen molar-refractivity contribution < 1.29 is 0 Å². The van der Waals surface area contributed by atoms with Crippen LogP contribution in [-0.4, -0.2) is 24.9 Å². The third-order valence-electron chi connectivity index (χ3n) is 10.5. The summed E-state index contributed by atoms with van der Waals surface area (Å²) in [5.41, 5.74) is 13.4. The molecular formula is C53H35N5. The topological polar surface area (TPSA) is 64.5 Å². The number of nitrogens with zero attached hydrogens (tertiary/aromatic N) is 5. The van der Waals surface area contributed by atoms with E-state index >= 15 is 0 Å². The molecule has 10 aromatic rings. The maximum Gasteiger partial charge on any atom is 0.164 e. The van der Waals surface area contributed by atoms with Crippen molar-refractivity contribution in [1.29, 1.82) is 0 Å². The van der Waals surface area contributed by atoms with Crippen LogP contribution < -0.4 is 0 Å². The highest BCUT2D eigenvalue weighted by Crippen LogP contribution is 2.40. The van der Waals surface area contributed by atoms with Crippen LogP contribution in [0.3, 0.4) is 0 Å². The highest BCUT2D eigenvalue weighted by atomic mass is 15.0. The van der Waals surface area contributed by atoms with Gasteiger partial charge in [0.1, 0.15) is 0 Å². The lowest BCUT2D eigenvalue weighted by Gasteiger charge is -2.16. The van der Waals surface area contributed by atoms with Gasteiger partial charge in [-0.15, -0.1) is 0 Å². The third kappa shape index (κ3) is 6.93. The zero-order valence-electron chi connectivity index (χ0n) is 31.4. The van der Waals surface area contributed by atoms with Crippen molar-refractivity contribution >= 4 is 10.8 Å². The van der Waals surface area contributed by atoms with Crippen molar-refractivity contribution in [3.05, 3.63) is 213 Å². The minimum absolute atomic E-state index is 0.619. The van der Waals surface area contributed by atoms with Gasteiger partial charge in [0.05, 0.1) is 11.4 Å². The number of hydrogen-bond acceptors (Lipinski definition) is 5. The van der Waals surface area contributed by atoms with Gasteiger partial charge in [0.2, 0.25) is 0 Å². The predicted molar refractivity (Wildman–Crippen MR) is 236 cm³/mol. The average molecular weight is 742 g/mol.